The smallest absolute Gasteiger partial charge is 0.321 e. The Balaban J connectivity index is 1.94. The lowest BCUT2D eigenvalue weighted by molar-refractivity contribution is 0.251. The third kappa shape index (κ3) is 3.54. The van der Waals surface area contributed by atoms with Crippen LogP contribution in [-0.4, -0.2) is 20.8 Å². The highest BCUT2D eigenvalue weighted by molar-refractivity contribution is 7.09. The van der Waals surface area contributed by atoms with Crippen LogP contribution in [0, 0.1) is 0 Å². The number of amides is 2. The second-order valence-electron chi connectivity index (χ2n) is 5.05. The summed E-state index contributed by atoms with van der Waals surface area (Å²) in [5.74, 6) is 0.441. The van der Waals surface area contributed by atoms with Crippen LogP contribution in [0.3, 0.4) is 0 Å². The molecule has 0 aliphatic heterocycles. The molecule has 19 heavy (non-hydrogen) atoms. The van der Waals surface area contributed by atoms with Crippen LogP contribution in [0.5, 0.6) is 0 Å². The molecular formula is C12H17N5OS. The van der Waals surface area contributed by atoms with Crippen molar-refractivity contribution in [3.05, 3.63) is 28.7 Å². The normalized spacial score (nSPS) is 11.3. The number of nitrogens with one attached hydrogen (secondary N) is 2. The highest BCUT2D eigenvalue weighted by Gasteiger charge is 2.19. The molecule has 0 spiro atoms. The molecule has 0 aliphatic rings. The third-order valence-electron chi connectivity index (χ3n) is 2.41. The Bertz CT molecular complexity index is 541. The average Bonchev–Trinajstić information content (AvgIpc) is 2.95. The lowest BCUT2D eigenvalue weighted by atomic mass is 10.1. The molecule has 2 aromatic rings. The van der Waals surface area contributed by atoms with Crippen molar-refractivity contribution in [2.45, 2.75) is 32.9 Å². The molecular weight excluding hydrogens is 262 g/mol. The summed E-state index contributed by atoms with van der Waals surface area (Å²) in [5, 5.41) is 11.6. The molecule has 2 aromatic heterocycles. The number of thiophene rings is 1. The lowest BCUT2D eigenvalue weighted by Crippen LogP contribution is -2.32. The molecule has 6 nitrogen and oxygen atoms in total. The highest BCUT2D eigenvalue weighted by atomic mass is 32.1. The SMILES string of the molecule is CC(C)(C)n1ncnc1NC(=O)NCc1cccs1. The number of hydrogen-bond acceptors (Lipinski definition) is 4. The Labute approximate surface area is 115 Å². The van der Waals surface area contributed by atoms with E-state index in [1.165, 1.54) is 6.33 Å². The quantitative estimate of drug-likeness (QED) is 0.906. The number of carbonyl (C=O) groups excluding carboxylic acids is 1. The molecule has 0 fully saturated rings. The van der Waals surface area contributed by atoms with Crippen molar-refractivity contribution in [1.82, 2.24) is 20.1 Å². The van der Waals surface area contributed by atoms with Gasteiger partial charge in [0.1, 0.15) is 6.33 Å². The van der Waals surface area contributed by atoms with Crippen LogP contribution in [0.4, 0.5) is 10.7 Å². The first-order valence-corrected chi connectivity index (χ1v) is 6.82. The summed E-state index contributed by atoms with van der Waals surface area (Å²) in [4.78, 5) is 16.9. The van der Waals surface area contributed by atoms with E-state index in [0.29, 0.717) is 12.5 Å². The zero-order valence-electron chi connectivity index (χ0n) is 11.2. The Morgan fingerprint density at radius 3 is 2.89 bits per heavy atom. The number of carbonyl (C=O) groups is 1. The number of urea groups is 1. The molecule has 0 atom stereocenters. The van der Waals surface area contributed by atoms with Crippen LogP contribution < -0.4 is 10.6 Å². The van der Waals surface area contributed by atoms with Crippen LogP contribution in [0.1, 0.15) is 25.6 Å². The van der Waals surface area contributed by atoms with E-state index in [4.69, 9.17) is 0 Å². The van der Waals surface area contributed by atoms with E-state index in [-0.39, 0.29) is 11.6 Å². The van der Waals surface area contributed by atoms with Crippen LogP contribution in [0.15, 0.2) is 23.8 Å². The highest BCUT2D eigenvalue weighted by Crippen LogP contribution is 2.16. The zero-order chi connectivity index (χ0) is 13.9. The van der Waals surface area contributed by atoms with Crippen molar-refractivity contribution in [3.63, 3.8) is 0 Å². The van der Waals surface area contributed by atoms with Gasteiger partial charge in [-0.1, -0.05) is 6.07 Å². The molecule has 2 rings (SSSR count). The van der Waals surface area contributed by atoms with Gasteiger partial charge in [0, 0.05) is 4.88 Å². The van der Waals surface area contributed by atoms with Crippen molar-refractivity contribution in [3.8, 4) is 0 Å². The maximum atomic E-state index is 11.8. The fourth-order valence-electron chi connectivity index (χ4n) is 1.54. The minimum Gasteiger partial charge on any atom is -0.333 e. The predicted octanol–water partition coefficient (Wildman–Crippen LogP) is 2.42. The molecule has 0 radical (unpaired) electrons. The monoisotopic (exact) mass is 279 g/mol. The average molecular weight is 279 g/mol. The second kappa shape index (κ2) is 5.40. The molecule has 0 bridgehead atoms. The van der Waals surface area contributed by atoms with E-state index >= 15 is 0 Å². The number of hydrogen-bond donors (Lipinski definition) is 2. The van der Waals surface area contributed by atoms with Crippen LogP contribution in [0.25, 0.3) is 0 Å². The summed E-state index contributed by atoms with van der Waals surface area (Å²) in [6, 6.07) is 3.64. The Morgan fingerprint density at radius 2 is 2.26 bits per heavy atom. The summed E-state index contributed by atoms with van der Waals surface area (Å²) in [6.07, 6.45) is 1.43. The minimum atomic E-state index is -0.285. The molecule has 2 N–H and O–H groups in total. The predicted molar refractivity (Wildman–Crippen MR) is 75.2 cm³/mol. The molecule has 0 saturated carbocycles. The van der Waals surface area contributed by atoms with Crippen LogP contribution in [0.2, 0.25) is 0 Å². The molecule has 0 saturated heterocycles. The third-order valence-corrected chi connectivity index (χ3v) is 3.29. The number of nitrogens with zero attached hydrogens (tertiary/aromatic N) is 3. The molecule has 2 amide bonds. The maximum Gasteiger partial charge on any atom is 0.321 e. The Hall–Kier alpha value is -1.89. The van der Waals surface area contributed by atoms with Gasteiger partial charge in [-0.25, -0.2) is 9.48 Å². The van der Waals surface area contributed by atoms with Crippen LogP contribution >= 0.6 is 11.3 Å². The largest absolute Gasteiger partial charge is 0.333 e. The van der Waals surface area contributed by atoms with Gasteiger partial charge >= 0.3 is 6.03 Å². The van der Waals surface area contributed by atoms with Crippen molar-refractivity contribution < 1.29 is 4.79 Å². The molecule has 7 heteroatoms. The number of anilines is 1. The lowest BCUT2D eigenvalue weighted by Gasteiger charge is -2.21. The zero-order valence-corrected chi connectivity index (χ0v) is 12.0. The van der Waals surface area contributed by atoms with Crippen molar-refractivity contribution >= 4 is 23.3 Å². The molecule has 102 valence electrons. The maximum absolute atomic E-state index is 11.8. The second-order valence-corrected chi connectivity index (χ2v) is 6.09. The van der Waals surface area contributed by atoms with Gasteiger partial charge in [-0.2, -0.15) is 10.1 Å². The van der Waals surface area contributed by atoms with Gasteiger partial charge < -0.3 is 5.32 Å². The minimum absolute atomic E-state index is 0.229. The van der Waals surface area contributed by atoms with Crippen molar-refractivity contribution in [2.24, 2.45) is 0 Å². The van der Waals surface area contributed by atoms with E-state index in [1.807, 2.05) is 38.3 Å². The van der Waals surface area contributed by atoms with E-state index < -0.39 is 0 Å². The van der Waals surface area contributed by atoms with Crippen LogP contribution in [-0.2, 0) is 12.1 Å². The van der Waals surface area contributed by atoms with E-state index in [9.17, 15) is 4.79 Å². The van der Waals surface area contributed by atoms with E-state index in [0.717, 1.165) is 4.88 Å². The first kappa shape index (κ1) is 13.5. The summed E-state index contributed by atoms with van der Waals surface area (Å²) < 4.78 is 1.68. The van der Waals surface area contributed by atoms with Crippen molar-refractivity contribution in [1.29, 1.82) is 0 Å². The van der Waals surface area contributed by atoms with Gasteiger partial charge in [0.25, 0.3) is 0 Å². The van der Waals surface area contributed by atoms with Gasteiger partial charge in [0.2, 0.25) is 5.95 Å². The molecule has 0 aliphatic carbocycles. The first-order valence-electron chi connectivity index (χ1n) is 5.94. The summed E-state index contributed by atoms with van der Waals surface area (Å²) in [6.45, 7) is 6.50. The molecule has 2 heterocycles. The first-order chi connectivity index (χ1) is 8.97. The summed E-state index contributed by atoms with van der Waals surface area (Å²) >= 11 is 1.60. The Morgan fingerprint density at radius 1 is 1.47 bits per heavy atom. The van der Waals surface area contributed by atoms with Gasteiger partial charge in [0.15, 0.2) is 0 Å². The number of rotatable bonds is 3. The summed E-state index contributed by atoms with van der Waals surface area (Å²) in [7, 11) is 0. The Kier molecular flexibility index (Phi) is 3.84. The van der Waals surface area contributed by atoms with Gasteiger partial charge in [-0.05, 0) is 32.2 Å². The van der Waals surface area contributed by atoms with Gasteiger partial charge in [-0.15, -0.1) is 11.3 Å². The van der Waals surface area contributed by atoms with Crippen molar-refractivity contribution in [2.75, 3.05) is 5.32 Å². The number of aromatic nitrogens is 3. The fraction of sp³-hybridized carbons (Fsp3) is 0.417. The molecule has 0 unspecified atom stereocenters. The standard InChI is InChI=1S/C12H17N5OS/c1-12(2,3)17-10(14-8-15-17)16-11(18)13-7-9-5-4-6-19-9/h4-6,8H,7H2,1-3H3,(H2,13,14,15,16,18). The van der Waals surface area contributed by atoms with E-state index in [1.54, 1.807) is 16.0 Å². The summed E-state index contributed by atoms with van der Waals surface area (Å²) in [5.41, 5.74) is -0.229. The topological polar surface area (TPSA) is 71.8 Å². The van der Waals surface area contributed by atoms with Gasteiger partial charge in [-0.3, -0.25) is 5.32 Å². The van der Waals surface area contributed by atoms with E-state index in [2.05, 4.69) is 20.7 Å². The fourth-order valence-corrected chi connectivity index (χ4v) is 2.19. The van der Waals surface area contributed by atoms with Gasteiger partial charge in [0.05, 0.1) is 12.1 Å². The molecule has 0 aromatic carbocycles.